The van der Waals surface area contributed by atoms with Gasteiger partial charge in [0, 0.05) is 13.0 Å². The van der Waals surface area contributed by atoms with Crippen LogP contribution in [-0.4, -0.2) is 23.1 Å². The average Bonchev–Trinajstić information content (AvgIpc) is 2.77. The first-order valence-electron chi connectivity index (χ1n) is 11.2. The van der Waals surface area contributed by atoms with E-state index in [9.17, 15) is 18.0 Å². The quantitative estimate of drug-likeness (QED) is 0.336. The Balaban J connectivity index is 1.87. The molecule has 34 heavy (non-hydrogen) atoms. The van der Waals surface area contributed by atoms with Crippen LogP contribution < -0.4 is 0 Å². The Morgan fingerprint density at radius 2 is 1.62 bits per heavy atom. The number of fused-ring (bicyclic) bond motifs is 1. The number of amides is 1. The number of halogens is 4. The molecule has 1 unspecified atom stereocenters. The van der Waals surface area contributed by atoms with Crippen molar-refractivity contribution in [2.24, 2.45) is 0 Å². The first kappa shape index (κ1) is 25.5. The number of benzene rings is 3. The second-order valence-electron chi connectivity index (χ2n) is 9.30. The number of rotatable bonds is 6. The van der Waals surface area contributed by atoms with Crippen molar-refractivity contribution >= 4 is 16.9 Å². The van der Waals surface area contributed by atoms with E-state index in [-0.39, 0.29) is 18.5 Å². The predicted molar refractivity (Wildman–Crippen MR) is 125 cm³/mol. The molecule has 1 amide bonds. The van der Waals surface area contributed by atoms with Gasteiger partial charge in [-0.2, -0.15) is 13.2 Å². The van der Waals surface area contributed by atoms with Crippen LogP contribution in [0.1, 0.15) is 63.0 Å². The molecular formula is C27H29F4NO2. The topological polar surface area (TPSA) is 29.5 Å². The summed E-state index contributed by atoms with van der Waals surface area (Å²) in [5, 5.41) is 1.96. The molecule has 0 aromatic heterocycles. The Labute approximate surface area is 197 Å². The zero-order valence-electron chi connectivity index (χ0n) is 19.7. The highest BCUT2D eigenvalue weighted by atomic mass is 19.4. The third kappa shape index (κ3) is 6.27. The zero-order chi connectivity index (χ0) is 25.1. The van der Waals surface area contributed by atoms with Crippen molar-refractivity contribution < 1.29 is 27.1 Å². The lowest BCUT2D eigenvalue weighted by Crippen LogP contribution is -2.39. The van der Waals surface area contributed by atoms with Gasteiger partial charge in [0.25, 0.3) is 0 Å². The van der Waals surface area contributed by atoms with Gasteiger partial charge in [-0.1, -0.05) is 54.6 Å². The summed E-state index contributed by atoms with van der Waals surface area (Å²) in [6.07, 6.45) is -7.01. The Morgan fingerprint density at radius 3 is 2.29 bits per heavy atom. The van der Waals surface area contributed by atoms with Crippen molar-refractivity contribution in [3.63, 3.8) is 0 Å². The van der Waals surface area contributed by atoms with E-state index in [0.717, 1.165) is 28.5 Å². The molecule has 0 aliphatic rings. The number of hydrogen-bond acceptors (Lipinski definition) is 2. The highest BCUT2D eigenvalue weighted by molar-refractivity contribution is 5.86. The van der Waals surface area contributed by atoms with E-state index in [0.29, 0.717) is 0 Å². The number of carbonyl (C=O) groups is 1. The van der Waals surface area contributed by atoms with Crippen molar-refractivity contribution in [3.8, 4) is 0 Å². The molecule has 3 aromatic carbocycles. The highest BCUT2D eigenvalue weighted by Crippen LogP contribution is 2.34. The number of nitrogens with zero attached hydrogens (tertiary/aromatic N) is 1. The molecule has 2 atom stereocenters. The minimum atomic E-state index is -4.55. The van der Waals surface area contributed by atoms with Gasteiger partial charge in [0.2, 0.25) is 0 Å². The molecule has 3 nitrogen and oxygen atoms in total. The maximum absolute atomic E-state index is 15.0. The Hall–Kier alpha value is -3.09. The Kier molecular flexibility index (Phi) is 7.54. The molecule has 0 aliphatic heterocycles. The summed E-state index contributed by atoms with van der Waals surface area (Å²) < 4.78 is 59.7. The summed E-state index contributed by atoms with van der Waals surface area (Å²) in [7, 11) is 0. The van der Waals surface area contributed by atoms with E-state index in [2.05, 4.69) is 0 Å². The van der Waals surface area contributed by atoms with Crippen LogP contribution in [0.15, 0.2) is 66.7 Å². The van der Waals surface area contributed by atoms with Crippen molar-refractivity contribution in [1.82, 2.24) is 4.90 Å². The van der Waals surface area contributed by atoms with E-state index in [1.165, 1.54) is 17.0 Å². The predicted octanol–water partition coefficient (Wildman–Crippen LogP) is 8.26. The standard InChI is InChI=1S/C27H29F4NO2/c1-18(22-14-8-10-19-9-5-6-13-23(19)22)32(25(33)34-26(2,3)4)16-15-24(28)20-11-7-12-21(17-20)27(29,30)31/h5-14,17-18,24H,15-16H2,1-4H3/t18-,24?/m1/s1. The van der Waals surface area contributed by atoms with Crippen LogP contribution >= 0.6 is 0 Å². The molecule has 7 heteroatoms. The minimum Gasteiger partial charge on any atom is -0.444 e. The lowest BCUT2D eigenvalue weighted by molar-refractivity contribution is -0.137. The fourth-order valence-corrected chi connectivity index (χ4v) is 3.88. The molecule has 0 aliphatic carbocycles. The normalized spacial score (nSPS) is 14.0. The Bertz CT molecular complexity index is 1130. The van der Waals surface area contributed by atoms with E-state index >= 15 is 4.39 Å². The highest BCUT2D eigenvalue weighted by Gasteiger charge is 2.32. The number of carbonyl (C=O) groups excluding carboxylic acids is 1. The maximum atomic E-state index is 15.0. The molecular weight excluding hydrogens is 446 g/mol. The molecule has 0 radical (unpaired) electrons. The molecule has 0 spiro atoms. The first-order chi connectivity index (χ1) is 15.9. The summed E-state index contributed by atoms with van der Waals surface area (Å²) in [5.41, 5.74) is -0.861. The number of alkyl halides is 4. The lowest BCUT2D eigenvalue weighted by atomic mass is 9.98. The van der Waals surface area contributed by atoms with Crippen molar-refractivity contribution in [3.05, 3.63) is 83.4 Å². The van der Waals surface area contributed by atoms with Crippen LogP contribution in [0.25, 0.3) is 10.8 Å². The van der Waals surface area contributed by atoms with Crippen LogP contribution in [0.3, 0.4) is 0 Å². The summed E-state index contributed by atoms with van der Waals surface area (Å²) in [6, 6.07) is 17.3. The second kappa shape index (κ2) is 10.0. The van der Waals surface area contributed by atoms with Gasteiger partial charge in [0.05, 0.1) is 11.6 Å². The van der Waals surface area contributed by atoms with Gasteiger partial charge >= 0.3 is 12.3 Å². The number of hydrogen-bond donors (Lipinski definition) is 0. The van der Waals surface area contributed by atoms with E-state index < -0.39 is 35.6 Å². The Morgan fingerprint density at radius 1 is 0.971 bits per heavy atom. The molecule has 0 fully saturated rings. The van der Waals surface area contributed by atoms with Gasteiger partial charge in [-0.05, 0) is 61.7 Å². The van der Waals surface area contributed by atoms with Gasteiger partial charge in [-0.25, -0.2) is 9.18 Å². The molecule has 0 heterocycles. The van der Waals surface area contributed by atoms with Gasteiger partial charge in [0.1, 0.15) is 11.8 Å². The molecule has 0 bridgehead atoms. The van der Waals surface area contributed by atoms with Gasteiger partial charge < -0.3 is 9.64 Å². The molecule has 3 aromatic rings. The van der Waals surface area contributed by atoms with Gasteiger partial charge in [0.15, 0.2) is 0 Å². The first-order valence-corrected chi connectivity index (χ1v) is 11.2. The molecule has 3 rings (SSSR count). The minimum absolute atomic E-state index is 0.0310. The van der Waals surface area contributed by atoms with E-state index in [4.69, 9.17) is 4.74 Å². The third-order valence-electron chi connectivity index (χ3n) is 5.57. The summed E-state index contributed by atoms with van der Waals surface area (Å²) in [6.45, 7) is 7.03. The van der Waals surface area contributed by atoms with E-state index in [1.54, 1.807) is 20.8 Å². The third-order valence-corrected chi connectivity index (χ3v) is 5.57. The fourth-order valence-electron chi connectivity index (χ4n) is 3.88. The van der Waals surface area contributed by atoms with Crippen molar-refractivity contribution in [2.45, 2.75) is 58.1 Å². The SMILES string of the molecule is C[C@H](c1cccc2ccccc12)N(CCC(F)c1cccc(C(F)(F)F)c1)C(=O)OC(C)(C)C. The lowest BCUT2D eigenvalue weighted by Gasteiger charge is -2.33. The molecule has 0 saturated carbocycles. The second-order valence-corrected chi connectivity index (χ2v) is 9.30. The largest absolute Gasteiger partial charge is 0.444 e. The smallest absolute Gasteiger partial charge is 0.416 e. The van der Waals surface area contributed by atoms with Crippen LogP contribution in [0.2, 0.25) is 0 Å². The summed E-state index contributed by atoms with van der Waals surface area (Å²) >= 11 is 0. The molecule has 182 valence electrons. The van der Waals surface area contributed by atoms with Crippen molar-refractivity contribution in [2.75, 3.05) is 6.54 Å². The number of ether oxygens (including phenoxy) is 1. The van der Waals surface area contributed by atoms with Crippen LogP contribution in [0, 0.1) is 0 Å². The van der Waals surface area contributed by atoms with Crippen LogP contribution in [0.4, 0.5) is 22.4 Å². The summed E-state index contributed by atoms with van der Waals surface area (Å²) in [4.78, 5) is 14.5. The van der Waals surface area contributed by atoms with Crippen molar-refractivity contribution in [1.29, 1.82) is 0 Å². The maximum Gasteiger partial charge on any atom is 0.416 e. The van der Waals surface area contributed by atoms with Crippen LogP contribution in [-0.2, 0) is 10.9 Å². The zero-order valence-corrected chi connectivity index (χ0v) is 19.7. The fraction of sp³-hybridized carbons (Fsp3) is 0.370. The molecule has 0 saturated heterocycles. The summed E-state index contributed by atoms with van der Waals surface area (Å²) in [5.74, 6) is 0. The monoisotopic (exact) mass is 475 g/mol. The molecule has 0 N–H and O–H groups in total. The van der Waals surface area contributed by atoms with Gasteiger partial charge in [-0.3, -0.25) is 0 Å². The average molecular weight is 476 g/mol. The van der Waals surface area contributed by atoms with Gasteiger partial charge in [-0.15, -0.1) is 0 Å². The van der Waals surface area contributed by atoms with Crippen LogP contribution in [0.5, 0.6) is 0 Å². The van der Waals surface area contributed by atoms with E-state index in [1.807, 2.05) is 49.4 Å².